The zero-order chi connectivity index (χ0) is 13.5. The molecule has 0 bridgehead atoms. The summed E-state index contributed by atoms with van der Waals surface area (Å²) in [6.45, 7) is 15.1. The number of rotatable bonds is 7. The van der Waals surface area contributed by atoms with Crippen LogP contribution in [0.1, 0.15) is 44.9 Å². The highest BCUT2D eigenvalue weighted by molar-refractivity contribution is 5.39. The van der Waals surface area contributed by atoms with Crippen LogP contribution in [0.25, 0.3) is 0 Å². The van der Waals surface area contributed by atoms with E-state index in [2.05, 4.69) is 57.0 Å². The zero-order valence-corrected chi connectivity index (χ0v) is 12.5. The third kappa shape index (κ3) is 4.30. The predicted molar refractivity (Wildman–Crippen MR) is 79.3 cm³/mol. The standard InChI is InChI=1S/C15H27N3/c1-6-18(7-2)11-10-16-14-9-8-13(5)15(17-14)12(3)4/h8-9,12H,6-7,10-11H2,1-5H3,(H,16,17). The van der Waals surface area contributed by atoms with E-state index in [-0.39, 0.29) is 0 Å². The zero-order valence-electron chi connectivity index (χ0n) is 12.5. The van der Waals surface area contributed by atoms with Gasteiger partial charge in [-0.2, -0.15) is 0 Å². The highest BCUT2D eigenvalue weighted by Crippen LogP contribution is 2.18. The molecule has 0 spiro atoms. The van der Waals surface area contributed by atoms with Gasteiger partial charge in [0.2, 0.25) is 0 Å². The van der Waals surface area contributed by atoms with Crippen LogP contribution in [0.15, 0.2) is 12.1 Å². The van der Waals surface area contributed by atoms with Gasteiger partial charge in [-0.3, -0.25) is 0 Å². The Morgan fingerprint density at radius 1 is 1.22 bits per heavy atom. The first-order chi connectivity index (χ1) is 8.58. The summed E-state index contributed by atoms with van der Waals surface area (Å²) in [6, 6.07) is 4.23. The first-order valence-corrected chi connectivity index (χ1v) is 7.02. The SMILES string of the molecule is CCN(CC)CCNc1ccc(C)c(C(C)C)n1. The molecule has 0 radical (unpaired) electrons. The molecule has 0 aliphatic heterocycles. The molecule has 0 fully saturated rings. The fourth-order valence-corrected chi connectivity index (χ4v) is 2.11. The summed E-state index contributed by atoms with van der Waals surface area (Å²) in [5, 5.41) is 3.41. The van der Waals surface area contributed by atoms with Crippen LogP contribution in [0, 0.1) is 6.92 Å². The van der Waals surface area contributed by atoms with E-state index in [0.29, 0.717) is 5.92 Å². The Kier molecular flexibility index (Phi) is 6.13. The number of anilines is 1. The van der Waals surface area contributed by atoms with Gasteiger partial charge in [0.15, 0.2) is 0 Å². The quantitative estimate of drug-likeness (QED) is 0.804. The van der Waals surface area contributed by atoms with Crippen LogP contribution in [-0.2, 0) is 0 Å². The van der Waals surface area contributed by atoms with Gasteiger partial charge < -0.3 is 10.2 Å². The second kappa shape index (κ2) is 7.37. The van der Waals surface area contributed by atoms with E-state index in [9.17, 15) is 0 Å². The van der Waals surface area contributed by atoms with Crippen molar-refractivity contribution in [2.24, 2.45) is 0 Å². The van der Waals surface area contributed by atoms with Gasteiger partial charge in [-0.25, -0.2) is 4.98 Å². The molecular formula is C15H27N3. The molecule has 102 valence electrons. The number of hydrogen-bond donors (Lipinski definition) is 1. The van der Waals surface area contributed by atoms with Crippen LogP contribution in [0.5, 0.6) is 0 Å². The summed E-state index contributed by atoms with van der Waals surface area (Å²) >= 11 is 0. The van der Waals surface area contributed by atoms with Crippen molar-refractivity contribution < 1.29 is 0 Å². The number of hydrogen-bond acceptors (Lipinski definition) is 3. The van der Waals surface area contributed by atoms with Gasteiger partial charge in [0.25, 0.3) is 0 Å². The van der Waals surface area contributed by atoms with Crippen LogP contribution in [0.2, 0.25) is 0 Å². The summed E-state index contributed by atoms with van der Waals surface area (Å²) in [4.78, 5) is 7.10. The molecule has 0 atom stereocenters. The highest BCUT2D eigenvalue weighted by atomic mass is 15.1. The molecule has 0 aliphatic carbocycles. The minimum absolute atomic E-state index is 0.481. The second-order valence-corrected chi connectivity index (χ2v) is 5.01. The molecule has 0 aliphatic rings. The van der Waals surface area contributed by atoms with Gasteiger partial charge in [0, 0.05) is 18.8 Å². The molecule has 18 heavy (non-hydrogen) atoms. The first kappa shape index (κ1) is 15.0. The van der Waals surface area contributed by atoms with Gasteiger partial charge in [-0.1, -0.05) is 33.8 Å². The lowest BCUT2D eigenvalue weighted by atomic mass is 10.1. The summed E-state index contributed by atoms with van der Waals surface area (Å²) in [5.74, 6) is 1.48. The molecule has 3 nitrogen and oxygen atoms in total. The van der Waals surface area contributed by atoms with Crippen molar-refractivity contribution in [1.29, 1.82) is 0 Å². The molecule has 1 rings (SSSR count). The number of pyridine rings is 1. The minimum Gasteiger partial charge on any atom is -0.369 e. The largest absolute Gasteiger partial charge is 0.369 e. The van der Waals surface area contributed by atoms with Crippen molar-refractivity contribution in [2.75, 3.05) is 31.5 Å². The Balaban J connectivity index is 2.55. The Labute approximate surface area is 112 Å². The number of aryl methyl sites for hydroxylation is 1. The molecule has 0 saturated carbocycles. The van der Waals surface area contributed by atoms with E-state index < -0.39 is 0 Å². The predicted octanol–water partition coefficient (Wildman–Crippen LogP) is 3.27. The van der Waals surface area contributed by atoms with Crippen LogP contribution in [0.4, 0.5) is 5.82 Å². The van der Waals surface area contributed by atoms with E-state index in [1.54, 1.807) is 0 Å². The van der Waals surface area contributed by atoms with Crippen LogP contribution in [0.3, 0.4) is 0 Å². The van der Waals surface area contributed by atoms with Crippen LogP contribution >= 0.6 is 0 Å². The summed E-state index contributed by atoms with van der Waals surface area (Å²) in [5.41, 5.74) is 2.47. The molecule has 0 amide bonds. The average molecular weight is 249 g/mol. The number of nitrogens with zero attached hydrogens (tertiary/aromatic N) is 2. The molecule has 1 N–H and O–H groups in total. The molecule has 0 aromatic carbocycles. The van der Waals surface area contributed by atoms with E-state index in [4.69, 9.17) is 4.98 Å². The van der Waals surface area contributed by atoms with Crippen LogP contribution < -0.4 is 5.32 Å². The van der Waals surface area contributed by atoms with Crippen molar-refractivity contribution >= 4 is 5.82 Å². The van der Waals surface area contributed by atoms with Crippen molar-refractivity contribution in [1.82, 2.24) is 9.88 Å². The summed E-state index contributed by atoms with van der Waals surface area (Å²) in [7, 11) is 0. The normalized spacial score (nSPS) is 11.3. The van der Waals surface area contributed by atoms with Crippen LogP contribution in [-0.4, -0.2) is 36.1 Å². The van der Waals surface area contributed by atoms with E-state index in [1.165, 1.54) is 11.3 Å². The fraction of sp³-hybridized carbons (Fsp3) is 0.667. The van der Waals surface area contributed by atoms with Crippen molar-refractivity contribution in [3.63, 3.8) is 0 Å². The molecular weight excluding hydrogens is 222 g/mol. The minimum atomic E-state index is 0.481. The van der Waals surface area contributed by atoms with Gasteiger partial charge in [-0.15, -0.1) is 0 Å². The van der Waals surface area contributed by atoms with E-state index in [1.807, 2.05) is 0 Å². The summed E-state index contributed by atoms with van der Waals surface area (Å²) in [6.07, 6.45) is 0. The highest BCUT2D eigenvalue weighted by Gasteiger charge is 2.06. The van der Waals surface area contributed by atoms with E-state index >= 15 is 0 Å². The maximum atomic E-state index is 4.69. The lowest BCUT2D eigenvalue weighted by molar-refractivity contribution is 0.316. The van der Waals surface area contributed by atoms with Gasteiger partial charge in [0.05, 0.1) is 0 Å². The first-order valence-electron chi connectivity index (χ1n) is 7.02. The lowest BCUT2D eigenvalue weighted by Gasteiger charge is -2.18. The van der Waals surface area contributed by atoms with Gasteiger partial charge in [0.1, 0.15) is 5.82 Å². The average Bonchev–Trinajstić information content (AvgIpc) is 2.36. The molecule has 1 heterocycles. The Bertz CT molecular complexity index is 357. The van der Waals surface area contributed by atoms with Gasteiger partial charge in [-0.05, 0) is 37.6 Å². The lowest BCUT2D eigenvalue weighted by Crippen LogP contribution is -2.28. The third-order valence-electron chi connectivity index (χ3n) is 3.31. The number of nitrogens with one attached hydrogen (secondary N) is 1. The molecule has 0 unspecified atom stereocenters. The van der Waals surface area contributed by atoms with E-state index in [0.717, 1.165) is 32.0 Å². The Hall–Kier alpha value is -1.09. The second-order valence-electron chi connectivity index (χ2n) is 5.01. The maximum Gasteiger partial charge on any atom is 0.126 e. The smallest absolute Gasteiger partial charge is 0.126 e. The third-order valence-corrected chi connectivity index (χ3v) is 3.31. The Morgan fingerprint density at radius 2 is 1.89 bits per heavy atom. The number of aromatic nitrogens is 1. The van der Waals surface area contributed by atoms with Crippen molar-refractivity contribution in [3.05, 3.63) is 23.4 Å². The Morgan fingerprint density at radius 3 is 2.44 bits per heavy atom. The molecule has 3 heteroatoms. The topological polar surface area (TPSA) is 28.2 Å². The molecule has 1 aromatic heterocycles. The van der Waals surface area contributed by atoms with Crippen molar-refractivity contribution in [2.45, 2.75) is 40.5 Å². The van der Waals surface area contributed by atoms with Gasteiger partial charge >= 0.3 is 0 Å². The molecule has 1 aromatic rings. The summed E-state index contributed by atoms with van der Waals surface area (Å²) < 4.78 is 0. The fourth-order valence-electron chi connectivity index (χ4n) is 2.11. The monoisotopic (exact) mass is 249 g/mol. The molecule has 0 saturated heterocycles. The maximum absolute atomic E-state index is 4.69. The van der Waals surface area contributed by atoms with Crippen molar-refractivity contribution in [3.8, 4) is 0 Å². The number of likely N-dealkylation sites (N-methyl/N-ethyl adjacent to an activating group) is 1.